The molecule has 10 rings (SSSR count). The molecule has 0 saturated carbocycles. The van der Waals surface area contributed by atoms with E-state index in [9.17, 15) is 0 Å². The van der Waals surface area contributed by atoms with Crippen molar-refractivity contribution < 1.29 is 4.42 Å². The van der Waals surface area contributed by atoms with Gasteiger partial charge in [-0.25, -0.2) is 9.97 Å². The van der Waals surface area contributed by atoms with E-state index >= 15 is 0 Å². The van der Waals surface area contributed by atoms with Crippen LogP contribution in [0.5, 0.6) is 0 Å². The van der Waals surface area contributed by atoms with Crippen molar-refractivity contribution in [3.8, 4) is 44.9 Å². The van der Waals surface area contributed by atoms with Gasteiger partial charge in [0.2, 0.25) is 0 Å². The van der Waals surface area contributed by atoms with Gasteiger partial charge in [0.25, 0.3) is 0 Å². The predicted molar refractivity (Wildman–Crippen MR) is 204 cm³/mol. The quantitative estimate of drug-likeness (QED) is 0.196. The summed E-state index contributed by atoms with van der Waals surface area (Å²) in [6.07, 6.45) is 0. The van der Waals surface area contributed by atoms with Crippen LogP contribution in [0.15, 0.2) is 174 Å². The Morgan fingerprint density at radius 1 is 0.367 bits per heavy atom. The Morgan fingerprint density at radius 2 is 1.02 bits per heavy atom. The normalized spacial score (nSPS) is 11.7. The highest BCUT2D eigenvalue weighted by Gasteiger charge is 2.18. The maximum Gasteiger partial charge on any atom is 0.160 e. The molecule has 0 radical (unpaired) electrons. The molecule has 0 bridgehead atoms. The van der Waals surface area contributed by atoms with Crippen LogP contribution in [0.1, 0.15) is 0 Å². The van der Waals surface area contributed by atoms with Crippen molar-refractivity contribution in [2.24, 2.45) is 0 Å². The van der Waals surface area contributed by atoms with Gasteiger partial charge >= 0.3 is 0 Å². The van der Waals surface area contributed by atoms with Crippen LogP contribution in [0, 0.1) is 0 Å². The van der Waals surface area contributed by atoms with Gasteiger partial charge in [-0.15, -0.1) is 0 Å². The molecule has 10 aromatic rings. The third-order valence-corrected chi connectivity index (χ3v) is 9.68. The van der Waals surface area contributed by atoms with Crippen molar-refractivity contribution in [2.45, 2.75) is 0 Å². The number of rotatable bonds is 4. The molecule has 0 saturated heterocycles. The molecule has 0 N–H and O–H groups in total. The average molecular weight is 625 g/mol. The summed E-state index contributed by atoms with van der Waals surface area (Å²) in [7, 11) is 0. The first kappa shape index (κ1) is 27.5. The lowest BCUT2D eigenvalue weighted by Crippen LogP contribution is -1.95. The fraction of sp³-hybridized carbons (Fsp3) is 0. The van der Waals surface area contributed by atoms with Crippen LogP contribution in [0.2, 0.25) is 0 Å². The molecule has 0 aliphatic heterocycles. The number of nitrogens with zero attached hydrogens (tertiary/aromatic N) is 2. The van der Waals surface area contributed by atoms with E-state index < -0.39 is 0 Å². The second-order valence-electron chi connectivity index (χ2n) is 12.5. The molecular weight excluding hydrogens is 597 g/mol. The number of benzene rings is 8. The largest absolute Gasteiger partial charge is 0.455 e. The standard InChI is InChI=1S/C46H28N2O/c1-2-12-32(13-3-1)46-47-42-20-9-8-18-38(42)44(48-46)33-25-26-43-40(27-33)41-28-39(36-16-6-7-17-37(36)45(41)49-43)31-23-21-30(22-24-31)35-19-10-14-29-11-4-5-15-34(29)35/h1-28H. The smallest absolute Gasteiger partial charge is 0.160 e. The molecule has 2 aromatic heterocycles. The van der Waals surface area contributed by atoms with Gasteiger partial charge in [-0.2, -0.15) is 0 Å². The van der Waals surface area contributed by atoms with Gasteiger partial charge in [0, 0.05) is 32.7 Å². The number of hydrogen-bond donors (Lipinski definition) is 0. The molecule has 0 spiro atoms. The summed E-state index contributed by atoms with van der Waals surface area (Å²) in [6.45, 7) is 0. The first-order valence-electron chi connectivity index (χ1n) is 16.6. The Hall–Kier alpha value is -6.58. The SMILES string of the molecule is c1ccc(-c2nc(-c3ccc4oc5c6ccccc6c(-c6ccc(-c7cccc8ccccc78)cc6)cc5c4c3)c3ccccc3n2)cc1. The molecule has 3 heteroatoms. The van der Waals surface area contributed by atoms with Crippen LogP contribution in [-0.2, 0) is 0 Å². The van der Waals surface area contributed by atoms with Crippen molar-refractivity contribution in [1.82, 2.24) is 9.97 Å². The van der Waals surface area contributed by atoms with E-state index in [1.54, 1.807) is 0 Å². The first-order valence-corrected chi connectivity index (χ1v) is 16.6. The molecule has 0 unspecified atom stereocenters. The fourth-order valence-electron chi connectivity index (χ4n) is 7.30. The molecular formula is C46H28N2O. The zero-order chi connectivity index (χ0) is 32.3. The van der Waals surface area contributed by atoms with E-state index in [0.29, 0.717) is 5.82 Å². The Bertz CT molecular complexity index is 2860. The Balaban J connectivity index is 1.16. The maximum absolute atomic E-state index is 6.61. The van der Waals surface area contributed by atoms with Gasteiger partial charge in [-0.05, 0) is 68.7 Å². The van der Waals surface area contributed by atoms with E-state index in [2.05, 4.69) is 140 Å². The third kappa shape index (κ3) is 4.51. The summed E-state index contributed by atoms with van der Waals surface area (Å²) in [4.78, 5) is 10.1. The van der Waals surface area contributed by atoms with Crippen LogP contribution in [0.4, 0.5) is 0 Å². The van der Waals surface area contributed by atoms with Gasteiger partial charge in [-0.1, -0.05) is 140 Å². The van der Waals surface area contributed by atoms with Crippen LogP contribution in [0.25, 0.3) is 99.3 Å². The molecule has 0 fully saturated rings. The van der Waals surface area contributed by atoms with Crippen LogP contribution in [0.3, 0.4) is 0 Å². The number of furan rings is 1. The summed E-state index contributed by atoms with van der Waals surface area (Å²) in [5, 5.41) is 7.95. The molecule has 49 heavy (non-hydrogen) atoms. The van der Waals surface area contributed by atoms with Crippen molar-refractivity contribution in [3.05, 3.63) is 170 Å². The minimum Gasteiger partial charge on any atom is -0.455 e. The van der Waals surface area contributed by atoms with E-state index in [4.69, 9.17) is 14.4 Å². The minimum absolute atomic E-state index is 0.715. The maximum atomic E-state index is 6.61. The molecule has 0 aliphatic carbocycles. The second-order valence-corrected chi connectivity index (χ2v) is 12.5. The molecule has 3 nitrogen and oxygen atoms in total. The van der Waals surface area contributed by atoms with E-state index in [1.807, 2.05) is 30.3 Å². The zero-order valence-electron chi connectivity index (χ0n) is 26.5. The molecule has 228 valence electrons. The average Bonchev–Trinajstić information content (AvgIpc) is 3.55. The Morgan fingerprint density at radius 3 is 1.86 bits per heavy atom. The van der Waals surface area contributed by atoms with Gasteiger partial charge < -0.3 is 4.42 Å². The molecule has 2 heterocycles. The van der Waals surface area contributed by atoms with Crippen molar-refractivity contribution in [1.29, 1.82) is 0 Å². The monoisotopic (exact) mass is 624 g/mol. The van der Waals surface area contributed by atoms with Crippen molar-refractivity contribution in [2.75, 3.05) is 0 Å². The highest BCUT2D eigenvalue weighted by Crippen LogP contribution is 2.42. The minimum atomic E-state index is 0.715. The zero-order valence-corrected chi connectivity index (χ0v) is 26.5. The van der Waals surface area contributed by atoms with Gasteiger partial charge in [0.1, 0.15) is 11.2 Å². The lowest BCUT2D eigenvalue weighted by atomic mass is 9.93. The van der Waals surface area contributed by atoms with Crippen LogP contribution >= 0.6 is 0 Å². The molecule has 0 amide bonds. The summed E-state index contributed by atoms with van der Waals surface area (Å²) < 4.78 is 6.61. The first-order chi connectivity index (χ1) is 24.3. The molecule has 0 atom stereocenters. The van der Waals surface area contributed by atoms with Gasteiger partial charge in [0.15, 0.2) is 5.82 Å². The number of fused-ring (bicyclic) bond motifs is 7. The van der Waals surface area contributed by atoms with Crippen LogP contribution in [-0.4, -0.2) is 9.97 Å². The van der Waals surface area contributed by atoms with Crippen molar-refractivity contribution >= 4 is 54.4 Å². The highest BCUT2D eigenvalue weighted by atomic mass is 16.3. The summed E-state index contributed by atoms with van der Waals surface area (Å²) in [6, 6.07) is 59.8. The predicted octanol–water partition coefficient (Wildman–Crippen LogP) is 12.5. The third-order valence-electron chi connectivity index (χ3n) is 9.68. The summed E-state index contributed by atoms with van der Waals surface area (Å²) in [5.41, 5.74) is 10.4. The van der Waals surface area contributed by atoms with E-state index in [0.717, 1.165) is 55.0 Å². The Labute approximate surface area is 282 Å². The highest BCUT2D eigenvalue weighted by molar-refractivity contribution is 6.19. The second kappa shape index (κ2) is 11.0. The molecule has 0 aliphatic rings. The summed E-state index contributed by atoms with van der Waals surface area (Å²) >= 11 is 0. The number of para-hydroxylation sites is 1. The number of hydrogen-bond acceptors (Lipinski definition) is 3. The van der Waals surface area contributed by atoms with E-state index in [-0.39, 0.29) is 0 Å². The van der Waals surface area contributed by atoms with Gasteiger partial charge in [-0.3, -0.25) is 0 Å². The molecule has 8 aromatic carbocycles. The topological polar surface area (TPSA) is 38.9 Å². The fourth-order valence-corrected chi connectivity index (χ4v) is 7.30. The van der Waals surface area contributed by atoms with Gasteiger partial charge in [0.05, 0.1) is 11.2 Å². The summed E-state index contributed by atoms with van der Waals surface area (Å²) in [5.74, 6) is 0.715. The van der Waals surface area contributed by atoms with Crippen LogP contribution < -0.4 is 0 Å². The Kier molecular flexibility index (Phi) is 6.18. The number of aromatic nitrogens is 2. The van der Waals surface area contributed by atoms with E-state index in [1.165, 1.54) is 38.4 Å². The lowest BCUT2D eigenvalue weighted by molar-refractivity contribution is 0.673. The lowest BCUT2D eigenvalue weighted by Gasteiger charge is -2.11. The van der Waals surface area contributed by atoms with Crippen molar-refractivity contribution in [3.63, 3.8) is 0 Å².